The first-order chi connectivity index (χ1) is 8.45. The van der Waals surface area contributed by atoms with E-state index < -0.39 is 23.6 Å². The van der Waals surface area contributed by atoms with E-state index in [1.54, 1.807) is 13.8 Å². The molecule has 2 heterocycles. The SMILES string of the molecule is CCC1OC(n2cc(C)c(=O)[nH]c2=O)C(F)C1C. The van der Waals surface area contributed by atoms with Crippen LogP contribution >= 0.6 is 0 Å². The van der Waals surface area contributed by atoms with Crippen molar-refractivity contribution in [3.8, 4) is 0 Å². The van der Waals surface area contributed by atoms with Crippen molar-refractivity contribution in [3.05, 3.63) is 32.6 Å². The topological polar surface area (TPSA) is 64.1 Å². The van der Waals surface area contributed by atoms with Crippen LogP contribution in [0.25, 0.3) is 0 Å². The molecule has 18 heavy (non-hydrogen) atoms. The van der Waals surface area contributed by atoms with Gasteiger partial charge in [0.25, 0.3) is 5.56 Å². The summed E-state index contributed by atoms with van der Waals surface area (Å²) in [4.78, 5) is 25.1. The molecule has 1 N–H and O–H groups in total. The van der Waals surface area contributed by atoms with E-state index in [9.17, 15) is 14.0 Å². The normalized spacial score (nSPS) is 31.8. The summed E-state index contributed by atoms with van der Waals surface area (Å²) in [7, 11) is 0. The van der Waals surface area contributed by atoms with Gasteiger partial charge in [0, 0.05) is 17.7 Å². The van der Waals surface area contributed by atoms with E-state index >= 15 is 0 Å². The zero-order chi connectivity index (χ0) is 13.4. The van der Waals surface area contributed by atoms with Gasteiger partial charge < -0.3 is 4.74 Å². The lowest BCUT2D eigenvalue weighted by Crippen LogP contribution is -2.35. The van der Waals surface area contributed by atoms with Crippen molar-refractivity contribution < 1.29 is 9.13 Å². The minimum atomic E-state index is -1.25. The van der Waals surface area contributed by atoms with Gasteiger partial charge in [0.1, 0.15) is 0 Å². The van der Waals surface area contributed by atoms with Crippen LogP contribution in [0.4, 0.5) is 4.39 Å². The Morgan fingerprint density at radius 3 is 2.72 bits per heavy atom. The molecule has 2 rings (SSSR count). The van der Waals surface area contributed by atoms with Crippen LogP contribution in [0.1, 0.15) is 32.1 Å². The molecule has 1 saturated heterocycles. The molecular formula is C12H17FN2O3. The second-order valence-corrected chi connectivity index (χ2v) is 4.76. The summed E-state index contributed by atoms with van der Waals surface area (Å²) in [5.74, 6) is -0.265. The summed E-state index contributed by atoms with van der Waals surface area (Å²) in [6.07, 6.45) is -0.367. The smallest absolute Gasteiger partial charge is 0.330 e. The monoisotopic (exact) mass is 256 g/mol. The van der Waals surface area contributed by atoms with E-state index in [1.165, 1.54) is 6.20 Å². The van der Waals surface area contributed by atoms with Crippen molar-refractivity contribution in [2.45, 2.75) is 45.7 Å². The molecule has 1 aliphatic rings. The number of halogens is 1. The Morgan fingerprint density at radius 2 is 2.17 bits per heavy atom. The fourth-order valence-corrected chi connectivity index (χ4v) is 2.30. The lowest BCUT2D eigenvalue weighted by molar-refractivity contribution is -0.0237. The number of aryl methyl sites for hydroxylation is 1. The minimum absolute atomic E-state index is 0.205. The summed E-state index contributed by atoms with van der Waals surface area (Å²) in [5, 5.41) is 0. The zero-order valence-electron chi connectivity index (χ0n) is 10.6. The van der Waals surface area contributed by atoms with E-state index in [4.69, 9.17) is 4.74 Å². The van der Waals surface area contributed by atoms with Crippen LogP contribution in [-0.2, 0) is 4.74 Å². The molecule has 0 radical (unpaired) electrons. The molecule has 0 aliphatic carbocycles. The average Bonchev–Trinajstić information content (AvgIpc) is 2.61. The van der Waals surface area contributed by atoms with Gasteiger partial charge in [-0.05, 0) is 13.3 Å². The molecule has 1 aliphatic heterocycles. The predicted molar refractivity (Wildman–Crippen MR) is 64.3 cm³/mol. The van der Waals surface area contributed by atoms with Crippen LogP contribution in [0.2, 0.25) is 0 Å². The molecule has 0 aromatic carbocycles. The third-order valence-electron chi connectivity index (χ3n) is 3.50. The van der Waals surface area contributed by atoms with Gasteiger partial charge in [0.05, 0.1) is 6.10 Å². The number of H-pyrrole nitrogens is 1. The molecule has 4 atom stereocenters. The summed E-state index contributed by atoms with van der Waals surface area (Å²) in [5.41, 5.74) is -0.732. The molecule has 0 spiro atoms. The highest BCUT2D eigenvalue weighted by Crippen LogP contribution is 2.36. The number of nitrogens with zero attached hydrogens (tertiary/aromatic N) is 1. The van der Waals surface area contributed by atoms with E-state index in [1.807, 2.05) is 6.92 Å². The van der Waals surface area contributed by atoms with Crippen LogP contribution in [0.3, 0.4) is 0 Å². The fourth-order valence-electron chi connectivity index (χ4n) is 2.30. The van der Waals surface area contributed by atoms with Crippen molar-refractivity contribution in [3.63, 3.8) is 0 Å². The molecule has 0 saturated carbocycles. The predicted octanol–water partition coefficient (Wildman–Crippen LogP) is 1.13. The largest absolute Gasteiger partial charge is 0.351 e. The van der Waals surface area contributed by atoms with E-state index in [0.717, 1.165) is 4.57 Å². The molecule has 1 fully saturated rings. The maximum Gasteiger partial charge on any atom is 0.330 e. The molecular weight excluding hydrogens is 239 g/mol. The van der Waals surface area contributed by atoms with Crippen molar-refractivity contribution >= 4 is 0 Å². The number of hydrogen-bond acceptors (Lipinski definition) is 3. The number of ether oxygens (including phenoxy) is 1. The lowest BCUT2D eigenvalue weighted by Gasteiger charge is -2.16. The van der Waals surface area contributed by atoms with Crippen LogP contribution in [0.15, 0.2) is 15.8 Å². The Bertz CT molecular complexity index is 551. The summed E-state index contributed by atoms with van der Waals surface area (Å²) < 4.78 is 20.8. The number of nitrogens with one attached hydrogen (secondary N) is 1. The van der Waals surface area contributed by atoms with Gasteiger partial charge >= 0.3 is 5.69 Å². The zero-order valence-corrected chi connectivity index (χ0v) is 10.6. The number of alkyl halides is 1. The van der Waals surface area contributed by atoms with Crippen LogP contribution in [0.5, 0.6) is 0 Å². The van der Waals surface area contributed by atoms with Crippen LogP contribution in [-0.4, -0.2) is 21.8 Å². The van der Waals surface area contributed by atoms with Gasteiger partial charge in [-0.2, -0.15) is 0 Å². The average molecular weight is 256 g/mol. The van der Waals surface area contributed by atoms with Crippen LogP contribution < -0.4 is 11.2 Å². The fraction of sp³-hybridized carbons (Fsp3) is 0.667. The maximum absolute atomic E-state index is 14.1. The van der Waals surface area contributed by atoms with Gasteiger partial charge in [-0.15, -0.1) is 0 Å². The maximum atomic E-state index is 14.1. The van der Waals surface area contributed by atoms with Crippen molar-refractivity contribution in [1.29, 1.82) is 0 Å². The standard InChI is InChI=1S/C12H17FN2O3/c1-4-8-7(3)9(13)11(18-8)15-5-6(2)10(16)14-12(15)17/h5,7-9,11H,4H2,1-3H3,(H,14,16,17). The Morgan fingerprint density at radius 1 is 1.50 bits per heavy atom. The highest BCUT2D eigenvalue weighted by Gasteiger charge is 2.42. The van der Waals surface area contributed by atoms with Gasteiger partial charge in [-0.1, -0.05) is 13.8 Å². The number of rotatable bonds is 2. The number of hydrogen-bond donors (Lipinski definition) is 1. The molecule has 0 amide bonds. The molecule has 5 nitrogen and oxygen atoms in total. The Balaban J connectivity index is 2.42. The Kier molecular flexibility index (Phi) is 3.38. The molecule has 6 heteroatoms. The molecule has 0 bridgehead atoms. The Labute approximate surface area is 104 Å². The van der Waals surface area contributed by atoms with E-state index in [2.05, 4.69) is 4.98 Å². The molecule has 1 aromatic heterocycles. The van der Waals surface area contributed by atoms with Crippen molar-refractivity contribution in [1.82, 2.24) is 9.55 Å². The summed E-state index contributed by atoms with van der Waals surface area (Å²) in [6, 6.07) is 0. The van der Waals surface area contributed by atoms with E-state index in [0.29, 0.717) is 12.0 Å². The highest BCUT2D eigenvalue weighted by molar-refractivity contribution is 5.02. The third-order valence-corrected chi connectivity index (χ3v) is 3.50. The van der Waals surface area contributed by atoms with E-state index in [-0.39, 0.29) is 12.0 Å². The first-order valence-corrected chi connectivity index (χ1v) is 6.07. The second-order valence-electron chi connectivity index (χ2n) is 4.76. The summed E-state index contributed by atoms with van der Waals surface area (Å²) in [6.45, 7) is 5.25. The van der Waals surface area contributed by atoms with Gasteiger partial charge in [0.2, 0.25) is 0 Å². The molecule has 4 unspecified atom stereocenters. The molecule has 1 aromatic rings. The van der Waals surface area contributed by atoms with Gasteiger partial charge in [0.15, 0.2) is 12.4 Å². The van der Waals surface area contributed by atoms with Gasteiger partial charge in [-0.3, -0.25) is 14.3 Å². The van der Waals surface area contributed by atoms with Gasteiger partial charge in [-0.25, -0.2) is 9.18 Å². The number of aromatic amines is 1. The second kappa shape index (κ2) is 4.68. The highest BCUT2D eigenvalue weighted by atomic mass is 19.1. The first kappa shape index (κ1) is 13.0. The third kappa shape index (κ3) is 2.01. The minimum Gasteiger partial charge on any atom is -0.351 e. The van der Waals surface area contributed by atoms with Crippen molar-refractivity contribution in [2.75, 3.05) is 0 Å². The Hall–Kier alpha value is -1.43. The number of aromatic nitrogens is 2. The lowest BCUT2D eigenvalue weighted by atomic mass is 10.00. The van der Waals surface area contributed by atoms with Crippen LogP contribution in [0, 0.1) is 12.8 Å². The molecule has 100 valence electrons. The first-order valence-electron chi connectivity index (χ1n) is 6.07. The quantitative estimate of drug-likeness (QED) is 0.862. The van der Waals surface area contributed by atoms with Crippen molar-refractivity contribution in [2.24, 2.45) is 5.92 Å². The summed E-state index contributed by atoms with van der Waals surface area (Å²) >= 11 is 0.